The van der Waals surface area contributed by atoms with Gasteiger partial charge in [0.15, 0.2) is 0 Å². The second-order valence-electron chi connectivity index (χ2n) is 6.77. The van der Waals surface area contributed by atoms with Gasteiger partial charge in [0.1, 0.15) is 5.82 Å². The fraction of sp³-hybridized carbons (Fsp3) is 0.421. The molecule has 0 unspecified atom stereocenters. The number of pyridine rings is 1. The molecule has 3 nitrogen and oxygen atoms in total. The molecule has 2 N–H and O–H groups in total. The zero-order valence-electron chi connectivity index (χ0n) is 13.1. The number of halogens is 1. The molecule has 0 bridgehead atoms. The fourth-order valence-corrected chi connectivity index (χ4v) is 3.53. The molecule has 1 aromatic carbocycles. The monoisotopic (exact) mass is 327 g/mol. The third kappa shape index (κ3) is 3.45. The van der Waals surface area contributed by atoms with Crippen molar-refractivity contribution in [1.29, 1.82) is 0 Å². The van der Waals surface area contributed by atoms with Crippen molar-refractivity contribution in [3.63, 3.8) is 0 Å². The molecule has 2 saturated carbocycles. The van der Waals surface area contributed by atoms with Crippen LogP contribution in [0.3, 0.4) is 0 Å². The molecular formula is C19H22ClN3. The quantitative estimate of drug-likeness (QED) is 0.806. The lowest BCUT2D eigenvalue weighted by Gasteiger charge is -2.37. The van der Waals surface area contributed by atoms with Crippen LogP contribution in [-0.2, 0) is 0 Å². The van der Waals surface area contributed by atoms with Crippen molar-refractivity contribution >= 4 is 23.1 Å². The molecule has 120 valence electrons. The molecule has 0 amide bonds. The Morgan fingerprint density at radius 2 is 1.87 bits per heavy atom. The molecule has 1 heterocycles. The zero-order valence-corrected chi connectivity index (χ0v) is 13.9. The van der Waals surface area contributed by atoms with Crippen molar-refractivity contribution in [1.82, 2.24) is 4.98 Å². The van der Waals surface area contributed by atoms with Gasteiger partial charge in [-0.3, -0.25) is 0 Å². The van der Waals surface area contributed by atoms with Crippen molar-refractivity contribution < 1.29 is 0 Å². The highest BCUT2D eigenvalue weighted by molar-refractivity contribution is 6.30. The topological polar surface area (TPSA) is 37.0 Å². The molecule has 4 heteroatoms. The van der Waals surface area contributed by atoms with Gasteiger partial charge >= 0.3 is 0 Å². The van der Waals surface area contributed by atoms with Crippen LogP contribution < -0.4 is 10.6 Å². The summed E-state index contributed by atoms with van der Waals surface area (Å²) in [6.07, 6.45) is 8.13. The lowest BCUT2D eigenvalue weighted by atomic mass is 9.76. The van der Waals surface area contributed by atoms with Crippen LogP contribution in [0.5, 0.6) is 0 Å². The third-order valence-electron chi connectivity index (χ3n) is 5.05. The highest BCUT2D eigenvalue weighted by Gasteiger charge is 2.30. The normalized spacial score (nSPS) is 23.7. The first-order chi connectivity index (χ1) is 11.3. The number of hydrogen-bond donors (Lipinski definition) is 2. The summed E-state index contributed by atoms with van der Waals surface area (Å²) < 4.78 is 0. The van der Waals surface area contributed by atoms with Gasteiger partial charge in [-0.1, -0.05) is 23.7 Å². The average Bonchev–Trinajstić information content (AvgIpc) is 2.47. The van der Waals surface area contributed by atoms with E-state index in [-0.39, 0.29) is 0 Å². The van der Waals surface area contributed by atoms with E-state index in [1.807, 2.05) is 18.3 Å². The highest BCUT2D eigenvalue weighted by atomic mass is 35.5. The van der Waals surface area contributed by atoms with E-state index in [0.717, 1.165) is 29.4 Å². The second kappa shape index (κ2) is 6.40. The molecule has 0 saturated heterocycles. The van der Waals surface area contributed by atoms with Gasteiger partial charge in [-0.05, 0) is 67.9 Å². The number of nitrogens with one attached hydrogen (secondary N) is 2. The van der Waals surface area contributed by atoms with Gasteiger partial charge in [0, 0.05) is 17.1 Å². The Morgan fingerprint density at radius 3 is 2.52 bits per heavy atom. The molecule has 0 atom stereocenters. The van der Waals surface area contributed by atoms with E-state index >= 15 is 0 Å². The molecule has 2 fully saturated rings. The molecule has 1 aromatic heterocycles. The summed E-state index contributed by atoms with van der Waals surface area (Å²) in [7, 11) is 0. The van der Waals surface area contributed by atoms with Gasteiger partial charge < -0.3 is 10.6 Å². The summed E-state index contributed by atoms with van der Waals surface area (Å²) >= 11 is 6.07. The lowest BCUT2D eigenvalue weighted by Crippen LogP contribution is -2.34. The maximum Gasteiger partial charge on any atom is 0.126 e. The number of aromatic nitrogens is 1. The van der Waals surface area contributed by atoms with Crippen LogP contribution in [0.4, 0.5) is 11.5 Å². The third-order valence-corrected chi connectivity index (χ3v) is 5.28. The summed E-state index contributed by atoms with van der Waals surface area (Å²) in [5, 5.41) is 7.88. The van der Waals surface area contributed by atoms with Crippen LogP contribution in [0, 0.1) is 0 Å². The van der Waals surface area contributed by atoms with Gasteiger partial charge in [0.05, 0.1) is 11.9 Å². The predicted molar refractivity (Wildman–Crippen MR) is 96.3 cm³/mol. The molecular weight excluding hydrogens is 306 g/mol. The molecule has 2 aromatic rings. The smallest absolute Gasteiger partial charge is 0.126 e. The molecule has 0 radical (unpaired) electrons. The Kier molecular flexibility index (Phi) is 4.13. The molecule has 23 heavy (non-hydrogen) atoms. The first-order valence-corrected chi connectivity index (χ1v) is 8.88. The molecule has 0 spiro atoms. The van der Waals surface area contributed by atoms with Gasteiger partial charge in [-0.25, -0.2) is 4.98 Å². The van der Waals surface area contributed by atoms with Gasteiger partial charge in [-0.15, -0.1) is 0 Å². The van der Waals surface area contributed by atoms with Crippen LogP contribution in [0.1, 0.15) is 43.6 Å². The SMILES string of the molecule is Clc1cccc(C2CC(Nc3ccc(NC4CCC4)nc3)C2)c1. The minimum Gasteiger partial charge on any atom is -0.381 e. The number of anilines is 2. The van der Waals surface area contributed by atoms with Crippen LogP contribution in [-0.4, -0.2) is 17.1 Å². The van der Waals surface area contributed by atoms with Crippen LogP contribution in [0.25, 0.3) is 0 Å². The molecule has 2 aliphatic carbocycles. The molecule has 2 aliphatic rings. The maximum atomic E-state index is 6.07. The van der Waals surface area contributed by atoms with Gasteiger partial charge in [-0.2, -0.15) is 0 Å². The van der Waals surface area contributed by atoms with E-state index in [1.54, 1.807) is 0 Å². The average molecular weight is 328 g/mol. The van der Waals surface area contributed by atoms with Crippen LogP contribution >= 0.6 is 11.6 Å². The van der Waals surface area contributed by atoms with E-state index in [9.17, 15) is 0 Å². The van der Waals surface area contributed by atoms with E-state index < -0.39 is 0 Å². The van der Waals surface area contributed by atoms with Crippen molar-refractivity contribution in [2.45, 2.75) is 50.1 Å². The Morgan fingerprint density at radius 1 is 1.00 bits per heavy atom. The summed E-state index contributed by atoms with van der Waals surface area (Å²) in [6, 6.07) is 13.6. The van der Waals surface area contributed by atoms with Crippen molar-refractivity contribution in [2.75, 3.05) is 10.6 Å². The first kappa shape index (κ1) is 14.8. The van der Waals surface area contributed by atoms with E-state index in [1.165, 1.54) is 24.8 Å². The van der Waals surface area contributed by atoms with E-state index in [4.69, 9.17) is 11.6 Å². The Balaban J connectivity index is 1.28. The van der Waals surface area contributed by atoms with Crippen molar-refractivity contribution in [2.24, 2.45) is 0 Å². The molecule has 0 aliphatic heterocycles. The lowest BCUT2D eigenvalue weighted by molar-refractivity contribution is 0.374. The summed E-state index contributed by atoms with van der Waals surface area (Å²) in [4.78, 5) is 4.51. The van der Waals surface area contributed by atoms with Gasteiger partial charge in [0.2, 0.25) is 0 Å². The van der Waals surface area contributed by atoms with Crippen molar-refractivity contribution in [3.05, 3.63) is 53.2 Å². The summed E-state index contributed by atoms with van der Waals surface area (Å²) in [6.45, 7) is 0. The summed E-state index contributed by atoms with van der Waals surface area (Å²) in [5.74, 6) is 1.62. The maximum absolute atomic E-state index is 6.07. The predicted octanol–water partition coefficient (Wildman–Crippen LogP) is 5.06. The number of nitrogens with zero attached hydrogens (tertiary/aromatic N) is 1. The van der Waals surface area contributed by atoms with E-state index in [0.29, 0.717) is 18.0 Å². The fourth-order valence-electron chi connectivity index (χ4n) is 3.33. The van der Waals surface area contributed by atoms with Gasteiger partial charge in [0.25, 0.3) is 0 Å². The van der Waals surface area contributed by atoms with Crippen LogP contribution in [0.2, 0.25) is 5.02 Å². The van der Waals surface area contributed by atoms with Crippen molar-refractivity contribution in [3.8, 4) is 0 Å². The minimum atomic E-state index is 0.534. The zero-order chi connectivity index (χ0) is 15.6. The largest absolute Gasteiger partial charge is 0.381 e. The second-order valence-corrected chi connectivity index (χ2v) is 7.21. The first-order valence-electron chi connectivity index (χ1n) is 8.51. The standard InChI is InChI=1S/C19H22ClN3/c20-15-4-1-3-13(9-15)14-10-18(11-14)22-17-7-8-19(21-12-17)23-16-5-2-6-16/h1,3-4,7-9,12,14,16,18,22H,2,5-6,10-11H2,(H,21,23). The number of benzene rings is 1. The molecule has 4 rings (SSSR count). The van der Waals surface area contributed by atoms with Crippen LogP contribution in [0.15, 0.2) is 42.6 Å². The Bertz CT molecular complexity index is 661. The Hall–Kier alpha value is -1.74. The highest BCUT2D eigenvalue weighted by Crippen LogP contribution is 2.39. The number of rotatable bonds is 5. The number of hydrogen-bond acceptors (Lipinski definition) is 3. The summed E-state index contributed by atoms with van der Waals surface area (Å²) in [5.41, 5.74) is 2.47. The van der Waals surface area contributed by atoms with E-state index in [2.05, 4.69) is 39.9 Å². The minimum absolute atomic E-state index is 0.534. The Labute approximate surface area is 142 Å².